The standard InChI is InChI=1S/C28H34N4O/c1-17-10-9-11-18(2)23(17)31-26-24(30-22-16-29-12-13-32(22)26)19-14-20(27(3,4)5)25(33)21(15-19)28(6,7)8/h9-16,31,33H,1-8H3. The number of aromatic hydroxyl groups is 1. The summed E-state index contributed by atoms with van der Waals surface area (Å²) in [5, 5.41) is 14.9. The molecule has 0 radical (unpaired) electrons. The van der Waals surface area contributed by atoms with Crippen LogP contribution in [0.25, 0.3) is 16.9 Å². The van der Waals surface area contributed by atoms with Crippen LogP contribution in [0.2, 0.25) is 0 Å². The number of hydrogen-bond donors (Lipinski definition) is 2. The van der Waals surface area contributed by atoms with E-state index in [9.17, 15) is 5.11 Å². The fourth-order valence-electron chi connectivity index (χ4n) is 4.27. The van der Waals surface area contributed by atoms with Crippen molar-refractivity contribution in [3.63, 3.8) is 0 Å². The van der Waals surface area contributed by atoms with Gasteiger partial charge in [0.25, 0.3) is 0 Å². The largest absolute Gasteiger partial charge is 0.507 e. The molecule has 2 aromatic carbocycles. The minimum absolute atomic E-state index is 0.221. The van der Waals surface area contributed by atoms with Gasteiger partial charge in [0.2, 0.25) is 0 Å². The molecule has 0 spiro atoms. The second kappa shape index (κ2) is 7.91. The van der Waals surface area contributed by atoms with Crippen LogP contribution in [0.4, 0.5) is 11.5 Å². The number of anilines is 2. The van der Waals surface area contributed by atoms with E-state index in [2.05, 4.69) is 96.0 Å². The summed E-state index contributed by atoms with van der Waals surface area (Å²) in [6, 6.07) is 10.4. The number of nitrogens with one attached hydrogen (secondary N) is 1. The lowest BCUT2D eigenvalue weighted by Gasteiger charge is -2.28. The first-order valence-corrected chi connectivity index (χ1v) is 11.4. The van der Waals surface area contributed by atoms with E-state index in [4.69, 9.17) is 4.98 Å². The summed E-state index contributed by atoms with van der Waals surface area (Å²) in [6.07, 6.45) is 5.47. The molecule has 0 aliphatic heterocycles. The lowest BCUT2D eigenvalue weighted by Crippen LogP contribution is -2.17. The van der Waals surface area contributed by atoms with Crippen molar-refractivity contribution in [2.45, 2.75) is 66.2 Å². The van der Waals surface area contributed by atoms with Crippen LogP contribution in [0.3, 0.4) is 0 Å². The molecule has 0 saturated heterocycles. The molecule has 2 N–H and O–H groups in total. The Kier molecular flexibility index (Phi) is 5.47. The number of hydrogen-bond acceptors (Lipinski definition) is 4. The molecule has 0 fully saturated rings. The second-order valence-corrected chi connectivity index (χ2v) is 10.9. The molecule has 0 saturated carbocycles. The molecular weight excluding hydrogens is 408 g/mol. The molecule has 0 aliphatic carbocycles. The zero-order chi connectivity index (χ0) is 24.1. The van der Waals surface area contributed by atoms with Gasteiger partial charge in [-0.15, -0.1) is 0 Å². The minimum Gasteiger partial charge on any atom is -0.507 e. The Bertz CT molecular complexity index is 1280. The molecule has 0 amide bonds. The van der Waals surface area contributed by atoms with Gasteiger partial charge in [-0.25, -0.2) is 4.98 Å². The number of nitrogens with zero attached hydrogens (tertiary/aromatic N) is 3. The maximum Gasteiger partial charge on any atom is 0.157 e. The lowest BCUT2D eigenvalue weighted by molar-refractivity contribution is 0.423. The Morgan fingerprint density at radius 3 is 2.03 bits per heavy atom. The van der Waals surface area contributed by atoms with Crippen LogP contribution in [0.5, 0.6) is 5.75 Å². The summed E-state index contributed by atoms with van der Waals surface area (Å²) in [6.45, 7) is 17.0. The molecule has 5 nitrogen and oxygen atoms in total. The number of phenols is 1. The van der Waals surface area contributed by atoms with Gasteiger partial charge in [0.05, 0.1) is 6.20 Å². The maximum atomic E-state index is 11.2. The van der Waals surface area contributed by atoms with Gasteiger partial charge in [-0.2, -0.15) is 0 Å². The van der Waals surface area contributed by atoms with E-state index in [0.717, 1.165) is 39.5 Å². The Morgan fingerprint density at radius 1 is 0.909 bits per heavy atom. The Hall–Kier alpha value is -3.34. The highest BCUT2D eigenvalue weighted by Crippen LogP contribution is 2.43. The first-order chi connectivity index (χ1) is 15.4. The van der Waals surface area contributed by atoms with Crippen LogP contribution in [0, 0.1) is 13.8 Å². The minimum atomic E-state index is -0.221. The highest BCUT2D eigenvalue weighted by Gasteiger charge is 2.28. The third kappa shape index (κ3) is 4.20. The van der Waals surface area contributed by atoms with Crippen LogP contribution in [0.1, 0.15) is 63.8 Å². The molecule has 4 aromatic rings. The van der Waals surface area contributed by atoms with Gasteiger partial charge in [0.15, 0.2) is 5.65 Å². The molecule has 33 heavy (non-hydrogen) atoms. The SMILES string of the molecule is Cc1cccc(C)c1Nc1c(-c2cc(C(C)(C)C)c(O)c(C(C)(C)C)c2)nc2cnccn12. The van der Waals surface area contributed by atoms with Crippen molar-refractivity contribution < 1.29 is 5.11 Å². The molecule has 0 bridgehead atoms. The Morgan fingerprint density at radius 2 is 1.48 bits per heavy atom. The third-order valence-corrected chi connectivity index (χ3v) is 6.15. The quantitative estimate of drug-likeness (QED) is 0.357. The molecule has 5 heteroatoms. The number of aromatic nitrogens is 3. The normalized spacial score (nSPS) is 12.4. The maximum absolute atomic E-state index is 11.2. The van der Waals surface area contributed by atoms with Gasteiger partial charge in [-0.3, -0.25) is 9.38 Å². The van der Waals surface area contributed by atoms with Crippen LogP contribution in [-0.2, 0) is 10.8 Å². The molecule has 2 heterocycles. The summed E-state index contributed by atoms with van der Waals surface area (Å²) in [5.41, 5.74) is 7.37. The number of aryl methyl sites for hydroxylation is 2. The van der Waals surface area contributed by atoms with Crippen molar-refractivity contribution in [1.82, 2.24) is 14.4 Å². The summed E-state index contributed by atoms with van der Waals surface area (Å²) in [7, 11) is 0. The molecule has 2 aromatic heterocycles. The summed E-state index contributed by atoms with van der Waals surface area (Å²) in [4.78, 5) is 9.25. The fourth-order valence-corrected chi connectivity index (χ4v) is 4.27. The summed E-state index contributed by atoms with van der Waals surface area (Å²) in [5.74, 6) is 1.25. The van der Waals surface area contributed by atoms with E-state index < -0.39 is 0 Å². The number of rotatable bonds is 3. The van der Waals surface area contributed by atoms with Gasteiger partial charge in [0.1, 0.15) is 17.3 Å². The molecule has 0 atom stereocenters. The van der Waals surface area contributed by atoms with Gasteiger partial charge in [-0.05, 0) is 47.9 Å². The van der Waals surface area contributed by atoms with Crippen LogP contribution >= 0.6 is 0 Å². The smallest absolute Gasteiger partial charge is 0.157 e. The molecule has 0 aliphatic rings. The monoisotopic (exact) mass is 442 g/mol. The predicted molar refractivity (Wildman–Crippen MR) is 137 cm³/mol. The van der Waals surface area contributed by atoms with Gasteiger partial charge >= 0.3 is 0 Å². The van der Waals surface area contributed by atoms with E-state index in [-0.39, 0.29) is 10.8 Å². The third-order valence-electron chi connectivity index (χ3n) is 6.15. The zero-order valence-electron chi connectivity index (χ0n) is 20.9. The summed E-state index contributed by atoms with van der Waals surface area (Å²) < 4.78 is 2.04. The van der Waals surface area contributed by atoms with E-state index in [1.165, 1.54) is 11.1 Å². The van der Waals surface area contributed by atoms with Gasteiger partial charge < -0.3 is 10.4 Å². The van der Waals surface area contributed by atoms with Crippen molar-refractivity contribution in [2.75, 3.05) is 5.32 Å². The number of para-hydroxylation sites is 1. The Balaban J connectivity index is 2.02. The van der Waals surface area contributed by atoms with E-state index in [1.807, 2.05) is 10.6 Å². The topological polar surface area (TPSA) is 62.5 Å². The fraction of sp³-hybridized carbons (Fsp3) is 0.357. The number of fused-ring (bicyclic) bond motifs is 1. The van der Waals surface area contributed by atoms with E-state index >= 15 is 0 Å². The van der Waals surface area contributed by atoms with Crippen LogP contribution in [0.15, 0.2) is 48.9 Å². The number of imidazole rings is 1. The molecule has 4 rings (SSSR count). The van der Waals surface area contributed by atoms with E-state index in [0.29, 0.717) is 5.75 Å². The van der Waals surface area contributed by atoms with Crippen molar-refractivity contribution in [3.8, 4) is 17.0 Å². The molecular formula is C28H34N4O. The average molecular weight is 443 g/mol. The first-order valence-electron chi connectivity index (χ1n) is 11.4. The number of phenolic OH excluding ortho intramolecular Hbond substituents is 1. The van der Waals surface area contributed by atoms with Gasteiger partial charge in [0, 0.05) is 34.8 Å². The molecule has 0 unspecified atom stereocenters. The lowest BCUT2D eigenvalue weighted by atomic mass is 9.78. The van der Waals surface area contributed by atoms with Crippen molar-refractivity contribution in [2.24, 2.45) is 0 Å². The number of benzene rings is 2. The summed E-state index contributed by atoms with van der Waals surface area (Å²) >= 11 is 0. The van der Waals surface area contributed by atoms with Crippen molar-refractivity contribution >= 4 is 17.2 Å². The van der Waals surface area contributed by atoms with Crippen molar-refractivity contribution in [3.05, 3.63) is 71.2 Å². The zero-order valence-corrected chi connectivity index (χ0v) is 20.9. The first kappa shape index (κ1) is 22.8. The Labute approximate surface area is 196 Å². The van der Waals surface area contributed by atoms with E-state index in [1.54, 1.807) is 12.4 Å². The average Bonchev–Trinajstić information content (AvgIpc) is 3.08. The van der Waals surface area contributed by atoms with Gasteiger partial charge in [-0.1, -0.05) is 59.7 Å². The highest BCUT2D eigenvalue weighted by molar-refractivity contribution is 5.82. The van der Waals surface area contributed by atoms with Crippen LogP contribution in [-0.4, -0.2) is 19.5 Å². The predicted octanol–water partition coefficient (Wildman–Crippen LogP) is 7.06. The molecule has 172 valence electrons. The van der Waals surface area contributed by atoms with Crippen LogP contribution < -0.4 is 5.32 Å². The van der Waals surface area contributed by atoms with Crippen molar-refractivity contribution in [1.29, 1.82) is 0 Å². The highest BCUT2D eigenvalue weighted by atomic mass is 16.3. The second-order valence-electron chi connectivity index (χ2n) is 10.9.